The third-order valence-corrected chi connectivity index (χ3v) is 2.76. The van der Waals surface area contributed by atoms with Gasteiger partial charge in [0, 0.05) is 6.54 Å². The third kappa shape index (κ3) is 3.07. The van der Waals surface area contributed by atoms with Crippen LogP contribution >= 0.6 is 0 Å². The summed E-state index contributed by atoms with van der Waals surface area (Å²) in [5.74, 6) is 1.07. The van der Waals surface area contributed by atoms with Gasteiger partial charge in [-0.05, 0) is 43.5 Å². The number of hydrogen-bond donors (Lipinski definition) is 1. The van der Waals surface area contributed by atoms with E-state index in [0.29, 0.717) is 6.54 Å². The molecule has 0 radical (unpaired) electrons. The standard InChI is InChI=1S/C13H19NO2/c1-9(15)7-14-8-12-5-6-13(16-4)11(3)10(12)2/h5-6,14H,7-8H2,1-4H3. The lowest BCUT2D eigenvalue weighted by Crippen LogP contribution is -2.20. The number of carbonyl (C=O) groups is 1. The van der Waals surface area contributed by atoms with Crippen molar-refractivity contribution in [2.75, 3.05) is 13.7 Å². The summed E-state index contributed by atoms with van der Waals surface area (Å²) in [6.07, 6.45) is 0. The number of hydrogen-bond acceptors (Lipinski definition) is 3. The lowest BCUT2D eigenvalue weighted by Gasteiger charge is -2.12. The maximum Gasteiger partial charge on any atom is 0.143 e. The monoisotopic (exact) mass is 221 g/mol. The van der Waals surface area contributed by atoms with Crippen LogP contribution in [-0.4, -0.2) is 19.4 Å². The molecule has 0 aliphatic carbocycles. The minimum atomic E-state index is 0.155. The molecule has 0 aromatic heterocycles. The topological polar surface area (TPSA) is 38.3 Å². The van der Waals surface area contributed by atoms with E-state index in [4.69, 9.17) is 4.74 Å². The van der Waals surface area contributed by atoms with Crippen LogP contribution in [0.5, 0.6) is 5.75 Å². The molecular weight excluding hydrogens is 202 g/mol. The highest BCUT2D eigenvalue weighted by Crippen LogP contribution is 2.23. The van der Waals surface area contributed by atoms with Gasteiger partial charge in [-0.25, -0.2) is 0 Å². The first-order chi connectivity index (χ1) is 7.56. The number of benzene rings is 1. The molecular formula is C13H19NO2. The van der Waals surface area contributed by atoms with Crippen LogP contribution in [0.25, 0.3) is 0 Å². The van der Waals surface area contributed by atoms with Gasteiger partial charge in [0.05, 0.1) is 13.7 Å². The van der Waals surface area contributed by atoms with E-state index in [1.54, 1.807) is 14.0 Å². The van der Waals surface area contributed by atoms with Crippen molar-refractivity contribution in [1.29, 1.82) is 0 Å². The molecule has 0 aliphatic rings. The van der Waals surface area contributed by atoms with Crippen molar-refractivity contribution in [2.24, 2.45) is 0 Å². The highest BCUT2D eigenvalue weighted by Gasteiger charge is 2.06. The first-order valence-electron chi connectivity index (χ1n) is 5.39. The van der Waals surface area contributed by atoms with Crippen molar-refractivity contribution < 1.29 is 9.53 Å². The Balaban J connectivity index is 2.74. The van der Waals surface area contributed by atoms with Gasteiger partial charge in [-0.3, -0.25) is 4.79 Å². The van der Waals surface area contributed by atoms with E-state index in [2.05, 4.69) is 12.2 Å². The Hall–Kier alpha value is -1.35. The lowest BCUT2D eigenvalue weighted by atomic mass is 10.0. The molecule has 0 aliphatic heterocycles. The second-order valence-corrected chi connectivity index (χ2v) is 3.98. The van der Waals surface area contributed by atoms with Crippen molar-refractivity contribution >= 4 is 5.78 Å². The fourth-order valence-electron chi connectivity index (χ4n) is 1.64. The van der Waals surface area contributed by atoms with Gasteiger partial charge < -0.3 is 10.1 Å². The van der Waals surface area contributed by atoms with E-state index in [9.17, 15) is 4.79 Å². The average molecular weight is 221 g/mol. The molecule has 1 rings (SSSR count). The fourth-order valence-corrected chi connectivity index (χ4v) is 1.64. The molecule has 3 heteroatoms. The molecule has 0 fully saturated rings. The average Bonchev–Trinajstić information content (AvgIpc) is 2.24. The van der Waals surface area contributed by atoms with Crippen LogP contribution < -0.4 is 10.1 Å². The van der Waals surface area contributed by atoms with E-state index < -0.39 is 0 Å². The van der Waals surface area contributed by atoms with Gasteiger partial charge >= 0.3 is 0 Å². The summed E-state index contributed by atoms with van der Waals surface area (Å²) in [5.41, 5.74) is 3.58. The van der Waals surface area contributed by atoms with Gasteiger partial charge in [-0.2, -0.15) is 0 Å². The fraction of sp³-hybridized carbons (Fsp3) is 0.462. The van der Waals surface area contributed by atoms with E-state index in [1.807, 2.05) is 19.1 Å². The molecule has 0 unspecified atom stereocenters. The lowest BCUT2D eigenvalue weighted by molar-refractivity contribution is -0.116. The first kappa shape index (κ1) is 12.7. The Labute approximate surface area is 96.8 Å². The molecule has 88 valence electrons. The molecule has 1 N–H and O–H groups in total. The number of rotatable bonds is 5. The van der Waals surface area contributed by atoms with Crippen LogP contribution in [0.15, 0.2) is 12.1 Å². The molecule has 1 aromatic carbocycles. The highest BCUT2D eigenvalue weighted by molar-refractivity contribution is 5.77. The smallest absolute Gasteiger partial charge is 0.143 e. The minimum Gasteiger partial charge on any atom is -0.496 e. The van der Waals surface area contributed by atoms with Crippen LogP contribution in [0.3, 0.4) is 0 Å². The SMILES string of the molecule is COc1ccc(CNCC(C)=O)c(C)c1C. The molecule has 0 atom stereocenters. The van der Waals surface area contributed by atoms with Crippen molar-refractivity contribution in [3.8, 4) is 5.75 Å². The molecule has 1 aromatic rings. The zero-order valence-electron chi connectivity index (χ0n) is 10.4. The van der Waals surface area contributed by atoms with Crippen molar-refractivity contribution in [3.05, 3.63) is 28.8 Å². The number of Topliss-reactive ketones (excluding diaryl/α,β-unsaturated/α-hetero) is 1. The molecule has 3 nitrogen and oxygen atoms in total. The summed E-state index contributed by atoms with van der Waals surface area (Å²) >= 11 is 0. The predicted molar refractivity (Wildman–Crippen MR) is 64.9 cm³/mol. The zero-order valence-corrected chi connectivity index (χ0v) is 10.4. The number of ether oxygens (including phenoxy) is 1. The summed E-state index contributed by atoms with van der Waals surface area (Å²) in [4.78, 5) is 10.8. The van der Waals surface area contributed by atoms with Crippen LogP contribution in [-0.2, 0) is 11.3 Å². The van der Waals surface area contributed by atoms with Gasteiger partial charge in [0.2, 0.25) is 0 Å². The number of methoxy groups -OCH3 is 1. The molecule has 0 heterocycles. The van der Waals surface area contributed by atoms with E-state index in [1.165, 1.54) is 11.1 Å². The quantitative estimate of drug-likeness (QED) is 0.826. The van der Waals surface area contributed by atoms with Crippen LogP contribution in [0.4, 0.5) is 0 Å². The van der Waals surface area contributed by atoms with E-state index in [0.717, 1.165) is 17.9 Å². The third-order valence-electron chi connectivity index (χ3n) is 2.76. The van der Waals surface area contributed by atoms with E-state index in [-0.39, 0.29) is 5.78 Å². The summed E-state index contributed by atoms with van der Waals surface area (Å²) < 4.78 is 5.25. The second kappa shape index (κ2) is 5.66. The first-order valence-corrected chi connectivity index (χ1v) is 5.39. The summed E-state index contributed by atoms with van der Waals surface area (Å²) in [6.45, 7) is 6.84. The molecule has 0 saturated heterocycles. The van der Waals surface area contributed by atoms with E-state index >= 15 is 0 Å². The summed E-state index contributed by atoms with van der Waals surface area (Å²) in [7, 11) is 1.68. The van der Waals surface area contributed by atoms with Crippen molar-refractivity contribution in [1.82, 2.24) is 5.32 Å². The number of carbonyl (C=O) groups excluding carboxylic acids is 1. The molecule has 0 saturated carbocycles. The number of nitrogens with one attached hydrogen (secondary N) is 1. The van der Waals surface area contributed by atoms with Gasteiger partial charge in [0.1, 0.15) is 11.5 Å². The maximum atomic E-state index is 10.8. The van der Waals surface area contributed by atoms with Gasteiger partial charge in [0.25, 0.3) is 0 Å². The molecule has 0 amide bonds. The van der Waals surface area contributed by atoms with Crippen LogP contribution in [0.2, 0.25) is 0 Å². The summed E-state index contributed by atoms with van der Waals surface area (Å²) in [5, 5.41) is 3.12. The van der Waals surface area contributed by atoms with Gasteiger partial charge in [-0.1, -0.05) is 6.07 Å². The second-order valence-electron chi connectivity index (χ2n) is 3.98. The van der Waals surface area contributed by atoms with Gasteiger partial charge in [0.15, 0.2) is 0 Å². The normalized spacial score (nSPS) is 10.2. The minimum absolute atomic E-state index is 0.155. The Morgan fingerprint density at radius 2 is 2.00 bits per heavy atom. The largest absolute Gasteiger partial charge is 0.496 e. The molecule has 0 spiro atoms. The Morgan fingerprint density at radius 1 is 1.31 bits per heavy atom. The Kier molecular flexibility index (Phi) is 4.50. The van der Waals surface area contributed by atoms with Gasteiger partial charge in [-0.15, -0.1) is 0 Å². The Bertz CT molecular complexity index is 386. The zero-order chi connectivity index (χ0) is 12.1. The predicted octanol–water partition coefficient (Wildman–Crippen LogP) is 1.99. The van der Waals surface area contributed by atoms with Crippen molar-refractivity contribution in [3.63, 3.8) is 0 Å². The van der Waals surface area contributed by atoms with Crippen LogP contribution in [0, 0.1) is 13.8 Å². The maximum absolute atomic E-state index is 10.8. The van der Waals surface area contributed by atoms with Crippen molar-refractivity contribution in [2.45, 2.75) is 27.3 Å². The summed E-state index contributed by atoms with van der Waals surface area (Å²) in [6, 6.07) is 4.00. The molecule has 0 bridgehead atoms. The Morgan fingerprint density at radius 3 is 2.56 bits per heavy atom. The molecule has 16 heavy (non-hydrogen) atoms. The van der Waals surface area contributed by atoms with Crippen LogP contribution in [0.1, 0.15) is 23.6 Å². The number of ketones is 1. The highest BCUT2D eigenvalue weighted by atomic mass is 16.5.